The number of ether oxygens (including phenoxy) is 1. The second-order valence-electron chi connectivity index (χ2n) is 8.11. The standard InChI is InChI=1S/C24H22FN7O2S/c1-30-12-15(10-29-30)14-8-18(25)23(26)32(13-14)24(27)35-16-5-6-19-17(9-16)22(34-2)20(11-28-19)31-7-3-4-21(31)33/h5-6,8-13,26-27H,3-4,7H2,1-2H3. The number of rotatable bonds is 4. The highest BCUT2D eigenvalue weighted by atomic mass is 32.2. The van der Waals surface area contributed by atoms with Crippen molar-refractivity contribution >= 4 is 39.4 Å². The predicted molar refractivity (Wildman–Crippen MR) is 131 cm³/mol. The highest BCUT2D eigenvalue weighted by molar-refractivity contribution is 8.13. The minimum Gasteiger partial charge on any atom is -0.494 e. The fraction of sp³-hybridized carbons (Fsp3) is 0.208. The van der Waals surface area contributed by atoms with Crippen molar-refractivity contribution in [3.8, 4) is 16.9 Å². The molecule has 1 saturated heterocycles. The highest BCUT2D eigenvalue weighted by Crippen LogP contribution is 2.38. The number of aromatic nitrogens is 4. The van der Waals surface area contributed by atoms with Gasteiger partial charge in [-0.2, -0.15) is 5.10 Å². The Morgan fingerprint density at radius 2 is 2.03 bits per heavy atom. The Hall–Kier alpha value is -3.99. The van der Waals surface area contributed by atoms with Crippen LogP contribution in [0.1, 0.15) is 12.8 Å². The molecule has 0 atom stereocenters. The summed E-state index contributed by atoms with van der Waals surface area (Å²) in [5, 5.41) is 21.5. The Kier molecular flexibility index (Phi) is 5.85. The van der Waals surface area contributed by atoms with E-state index in [1.807, 2.05) is 12.1 Å². The molecule has 0 bridgehead atoms. The summed E-state index contributed by atoms with van der Waals surface area (Å²) in [7, 11) is 3.31. The molecule has 11 heteroatoms. The number of benzene rings is 1. The van der Waals surface area contributed by atoms with Crippen molar-refractivity contribution in [2.45, 2.75) is 17.7 Å². The number of fused-ring (bicyclic) bond motifs is 1. The third-order valence-electron chi connectivity index (χ3n) is 5.83. The molecule has 178 valence electrons. The molecule has 35 heavy (non-hydrogen) atoms. The van der Waals surface area contributed by atoms with Gasteiger partial charge in [0.1, 0.15) is 5.69 Å². The zero-order chi connectivity index (χ0) is 24.7. The zero-order valence-electron chi connectivity index (χ0n) is 19.1. The van der Waals surface area contributed by atoms with E-state index < -0.39 is 11.3 Å². The minimum absolute atomic E-state index is 0.0339. The summed E-state index contributed by atoms with van der Waals surface area (Å²) in [4.78, 5) is 19.2. The quantitative estimate of drug-likeness (QED) is 0.256. The molecule has 1 fully saturated rings. The molecule has 0 radical (unpaired) electrons. The predicted octanol–water partition coefficient (Wildman–Crippen LogP) is 3.77. The van der Waals surface area contributed by atoms with Gasteiger partial charge >= 0.3 is 0 Å². The number of hydrogen-bond donors (Lipinski definition) is 2. The average Bonchev–Trinajstić information content (AvgIpc) is 3.47. The van der Waals surface area contributed by atoms with Crippen LogP contribution in [0.2, 0.25) is 0 Å². The molecule has 4 aromatic rings. The van der Waals surface area contributed by atoms with Crippen LogP contribution >= 0.6 is 11.8 Å². The molecular weight excluding hydrogens is 469 g/mol. The first kappa shape index (κ1) is 22.8. The van der Waals surface area contributed by atoms with Crippen LogP contribution in [-0.2, 0) is 11.8 Å². The van der Waals surface area contributed by atoms with E-state index in [2.05, 4.69) is 10.1 Å². The van der Waals surface area contributed by atoms with E-state index >= 15 is 0 Å². The molecule has 0 spiro atoms. The Morgan fingerprint density at radius 1 is 1.20 bits per heavy atom. The molecule has 1 aliphatic rings. The number of methoxy groups -OCH3 is 1. The number of nitrogens with one attached hydrogen (secondary N) is 2. The minimum atomic E-state index is -0.735. The zero-order valence-corrected chi connectivity index (χ0v) is 19.9. The summed E-state index contributed by atoms with van der Waals surface area (Å²) in [6.45, 7) is 0.614. The van der Waals surface area contributed by atoms with Gasteiger partial charge in [0.2, 0.25) is 5.91 Å². The number of amides is 1. The second kappa shape index (κ2) is 8.99. The number of carbonyl (C=O) groups is 1. The summed E-state index contributed by atoms with van der Waals surface area (Å²) in [6.07, 6.45) is 7.83. The Labute approximate surface area is 204 Å². The lowest BCUT2D eigenvalue weighted by Crippen LogP contribution is -2.27. The van der Waals surface area contributed by atoms with Crippen molar-refractivity contribution < 1.29 is 13.9 Å². The number of hydrogen-bond acceptors (Lipinski definition) is 7. The van der Waals surface area contributed by atoms with Crippen LogP contribution in [0.25, 0.3) is 22.0 Å². The number of thioether (sulfide) groups is 1. The smallest absolute Gasteiger partial charge is 0.227 e. The van der Waals surface area contributed by atoms with Crippen LogP contribution in [0, 0.1) is 16.6 Å². The maximum absolute atomic E-state index is 14.6. The molecular formula is C24H22FN7O2S. The van der Waals surface area contributed by atoms with E-state index in [1.165, 1.54) is 10.6 Å². The van der Waals surface area contributed by atoms with Crippen molar-refractivity contribution in [1.82, 2.24) is 19.3 Å². The van der Waals surface area contributed by atoms with Crippen LogP contribution in [0.4, 0.5) is 10.1 Å². The van der Waals surface area contributed by atoms with Gasteiger partial charge in [-0.15, -0.1) is 0 Å². The van der Waals surface area contributed by atoms with Gasteiger partial charge in [-0.05, 0) is 30.7 Å². The molecule has 1 amide bonds. The average molecular weight is 492 g/mol. The first-order valence-corrected chi connectivity index (χ1v) is 11.7. The molecule has 0 unspecified atom stereocenters. The number of halogens is 1. The van der Waals surface area contributed by atoms with Crippen LogP contribution in [0.3, 0.4) is 0 Å². The summed E-state index contributed by atoms with van der Waals surface area (Å²) < 4.78 is 23.0. The largest absolute Gasteiger partial charge is 0.494 e. The first-order chi connectivity index (χ1) is 16.9. The highest BCUT2D eigenvalue weighted by Gasteiger charge is 2.26. The fourth-order valence-electron chi connectivity index (χ4n) is 4.12. The summed E-state index contributed by atoms with van der Waals surface area (Å²) in [5.41, 5.74) is 2.09. The molecule has 4 heterocycles. The molecule has 1 aliphatic heterocycles. The van der Waals surface area contributed by atoms with E-state index in [-0.39, 0.29) is 11.1 Å². The van der Waals surface area contributed by atoms with Crippen molar-refractivity contribution in [2.75, 3.05) is 18.6 Å². The van der Waals surface area contributed by atoms with Crippen LogP contribution in [0.5, 0.6) is 5.75 Å². The molecule has 1 aromatic carbocycles. The SMILES string of the molecule is COc1c(N2CCCC2=O)cnc2ccc(SC(=N)n3cc(-c4cnn(C)c4)cc(F)c3=N)cc12. The van der Waals surface area contributed by atoms with Gasteiger partial charge in [-0.3, -0.25) is 29.8 Å². The van der Waals surface area contributed by atoms with Crippen molar-refractivity contribution in [2.24, 2.45) is 7.05 Å². The van der Waals surface area contributed by atoms with E-state index in [0.29, 0.717) is 51.3 Å². The van der Waals surface area contributed by atoms with E-state index in [9.17, 15) is 9.18 Å². The number of pyridine rings is 2. The first-order valence-electron chi connectivity index (χ1n) is 10.9. The van der Waals surface area contributed by atoms with Gasteiger partial charge in [0.05, 0.1) is 25.0 Å². The van der Waals surface area contributed by atoms with Gasteiger partial charge in [0.15, 0.2) is 22.2 Å². The Balaban J connectivity index is 1.51. The number of carbonyl (C=O) groups excluding carboxylic acids is 1. The third kappa shape index (κ3) is 4.18. The normalized spacial score (nSPS) is 13.6. The van der Waals surface area contributed by atoms with Crippen molar-refractivity contribution in [1.29, 1.82) is 10.8 Å². The maximum Gasteiger partial charge on any atom is 0.227 e. The van der Waals surface area contributed by atoms with Gasteiger partial charge in [0.25, 0.3) is 0 Å². The van der Waals surface area contributed by atoms with Crippen LogP contribution < -0.4 is 15.1 Å². The van der Waals surface area contributed by atoms with E-state index in [4.69, 9.17) is 15.6 Å². The van der Waals surface area contributed by atoms with Crippen molar-refractivity contribution in [3.63, 3.8) is 0 Å². The van der Waals surface area contributed by atoms with Crippen molar-refractivity contribution in [3.05, 3.63) is 60.4 Å². The third-order valence-corrected chi connectivity index (χ3v) is 6.71. The Morgan fingerprint density at radius 3 is 2.71 bits per heavy atom. The number of aryl methyl sites for hydroxylation is 1. The second-order valence-corrected chi connectivity index (χ2v) is 9.17. The molecule has 3 aromatic heterocycles. The van der Waals surface area contributed by atoms with Gasteiger partial charge in [-0.25, -0.2) is 4.39 Å². The lowest BCUT2D eigenvalue weighted by Gasteiger charge is -2.20. The van der Waals surface area contributed by atoms with E-state index in [1.54, 1.807) is 54.6 Å². The molecule has 0 aliphatic carbocycles. The number of anilines is 1. The van der Waals surface area contributed by atoms with E-state index in [0.717, 1.165) is 18.2 Å². The molecule has 2 N–H and O–H groups in total. The molecule has 0 saturated carbocycles. The topological polar surface area (TPSA) is 113 Å². The van der Waals surface area contributed by atoms with Gasteiger partial charge in [0, 0.05) is 53.8 Å². The maximum atomic E-state index is 14.6. The Bertz CT molecular complexity index is 1540. The molecule has 5 rings (SSSR count). The molecule has 9 nitrogen and oxygen atoms in total. The van der Waals surface area contributed by atoms with Crippen LogP contribution in [0.15, 0.2) is 53.9 Å². The van der Waals surface area contributed by atoms with Crippen LogP contribution in [-0.4, -0.2) is 44.1 Å². The summed E-state index contributed by atoms with van der Waals surface area (Å²) in [6, 6.07) is 6.71. The fourth-order valence-corrected chi connectivity index (χ4v) is 4.90. The summed E-state index contributed by atoms with van der Waals surface area (Å²) >= 11 is 1.08. The van der Waals surface area contributed by atoms with Gasteiger partial charge in [-0.1, -0.05) is 11.8 Å². The monoisotopic (exact) mass is 491 g/mol. The number of nitrogens with zero attached hydrogens (tertiary/aromatic N) is 5. The summed E-state index contributed by atoms with van der Waals surface area (Å²) in [5.74, 6) is -0.162. The lowest BCUT2D eigenvalue weighted by atomic mass is 10.1. The van der Waals surface area contributed by atoms with Gasteiger partial charge < -0.3 is 9.64 Å². The lowest BCUT2D eigenvalue weighted by molar-refractivity contribution is -0.117.